The van der Waals surface area contributed by atoms with Crippen LogP contribution < -0.4 is 25.6 Å². The summed E-state index contributed by atoms with van der Waals surface area (Å²) < 4.78 is 13.2. The molecule has 2 fully saturated rings. The van der Waals surface area contributed by atoms with Crippen molar-refractivity contribution in [1.82, 2.24) is 35.7 Å². The number of β-lactam (4-membered cyclic amide) rings is 2. The Kier molecular flexibility index (Phi) is 8.20. The van der Waals surface area contributed by atoms with Crippen LogP contribution in [0.2, 0.25) is 0 Å². The van der Waals surface area contributed by atoms with Gasteiger partial charge in [-0.1, -0.05) is 95.5 Å². The van der Waals surface area contributed by atoms with E-state index in [2.05, 4.69) is 58.4 Å². The van der Waals surface area contributed by atoms with Gasteiger partial charge in [0.1, 0.15) is 22.7 Å². The first-order valence-electron chi connectivity index (χ1n) is 19.3. The molecule has 16 heteroatoms. The van der Waals surface area contributed by atoms with E-state index < -0.39 is 29.1 Å². The number of fused-ring (bicyclic) bond motifs is 2. The van der Waals surface area contributed by atoms with Crippen molar-refractivity contribution in [3.63, 3.8) is 0 Å². The highest BCUT2D eigenvalue weighted by atomic mass is 32.1. The summed E-state index contributed by atoms with van der Waals surface area (Å²) in [5.74, 6) is 0.0599. The Hall–Kier alpha value is -6.88. The Labute approximate surface area is 351 Å². The molecule has 7 heterocycles. The molecule has 296 valence electrons. The fraction of sp³-hybridized carbons (Fsp3) is 0.182. The topological polar surface area (TPSA) is 169 Å². The van der Waals surface area contributed by atoms with E-state index in [1.165, 1.54) is 22.7 Å². The van der Waals surface area contributed by atoms with Crippen molar-refractivity contribution in [2.75, 3.05) is 15.5 Å². The standard InChI is InChI=1S/C44H34N10O4S2/c1-25-11-13-27-15-19-43(47-30(27)23-25)34(36(55)49-43)58-42(17-7-4-8-18-42)40-52-50-37(59-40)32-33(46-22-21-45-32)38-51-53-41(60-38)54-39(56)35(57-29-9-5-3-6-10-29)44(54)20-16-28-14-12-26(2)24-31(28)48-44/h3-17,19-24,34-35,47-48H,18H2,1-2H3,(H,49,55). The van der Waals surface area contributed by atoms with Crippen LogP contribution in [0.25, 0.3) is 33.6 Å². The third-order valence-corrected chi connectivity index (χ3v) is 13.2. The number of rotatable bonds is 8. The summed E-state index contributed by atoms with van der Waals surface area (Å²) in [4.78, 5) is 38.3. The maximum Gasteiger partial charge on any atom is 0.277 e. The summed E-state index contributed by atoms with van der Waals surface area (Å²) in [7, 11) is 0. The molecule has 2 spiro atoms. The highest BCUT2D eigenvalue weighted by Crippen LogP contribution is 2.48. The van der Waals surface area contributed by atoms with Crippen LogP contribution in [0.15, 0.2) is 116 Å². The molecule has 11 rings (SSSR count). The molecular formula is C44H34N10O4S2. The molecule has 0 radical (unpaired) electrons. The van der Waals surface area contributed by atoms with Gasteiger partial charge in [-0.05, 0) is 78.6 Å². The van der Waals surface area contributed by atoms with Gasteiger partial charge in [0.25, 0.3) is 11.8 Å². The quantitative estimate of drug-likeness (QED) is 0.137. The molecule has 2 saturated heterocycles. The number of aryl methyl sites for hydroxylation is 2. The number of benzene rings is 3. The molecule has 4 aliphatic heterocycles. The lowest BCUT2D eigenvalue weighted by atomic mass is 9.85. The Bertz CT molecular complexity index is 2870. The molecule has 14 nitrogen and oxygen atoms in total. The molecule has 3 N–H and O–H groups in total. The van der Waals surface area contributed by atoms with Crippen LogP contribution in [0.4, 0.5) is 16.5 Å². The summed E-state index contributed by atoms with van der Waals surface area (Å²) in [6.45, 7) is 4.05. The maximum atomic E-state index is 14.1. The highest BCUT2D eigenvalue weighted by molar-refractivity contribution is 7.19. The number of carbonyl (C=O) groups excluding carboxylic acids is 2. The van der Waals surface area contributed by atoms with Crippen LogP contribution in [0.1, 0.15) is 33.7 Å². The van der Waals surface area contributed by atoms with Crippen LogP contribution in [0.3, 0.4) is 0 Å². The minimum Gasteiger partial charge on any atom is -0.476 e. The van der Waals surface area contributed by atoms with Gasteiger partial charge in [-0.25, -0.2) is 9.97 Å². The number of allylic oxidation sites excluding steroid dienone is 2. The largest absolute Gasteiger partial charge is 0.476 e. The van der Waals surface area contributed by atoms with Crippen molar-refractivity contribution < 1.29 is 19.1 Å². The summed E-state index contributed by atoms with van der Waals surface area (Å²) in [6.07, 6.45) is 17.4. The Morgan fingerprint density at radius 3 is 2.15 bits per heavy atom. The van der Waals surface area contributed by atoms with E-state index >= 15 is 0 Å². The molecule has 1 aliphatic carbocycles. The van der Waals surface area contributed by atoms with Crippen molar-refractivity contribution in [2.24, 2.45) is 0 Å². The zero-order valence-electron chi connectivity index (χ0n) is 32.1. The summed E-state index contributed by atoms with van der Waals surface area (Å²) >= 11 is 2.51. The van der Waals surface area contributed by atoms with Crippen molar-refractivity contribution in [3.8, 4) is 27.2 Å². The number of hydrogen-bond donors (Lipinski definition) is 3. The highest BCUT2D eigenvalue weighted by Gasteiger charge is 2.64. The van der Waals surface area contributed by atoms with Gasteiger partial charge < -0.3 is 25.4 Å². The molecule has 6 aromatic rings. The molecule has 5 unspecified atom stereocenters. The number of hydrogen-bond acceptors (Lipinski definition) is 14. The van der Waals surface area contributed by atoms with Crippen molar-refractivity contribution >= 4 is 63.1 Å². The molecule has 3 aromatic carbocycles. The lowest BCUT2D eigenvalue weighted by molar-refractivity contribution is -0.169. The second-order valence-electron chi connectivity index (χ2n) is 15.2. The normalized spacial score (nSPS) is 25.5. The number of anilines is 3. The SMILES string of the molecule is Cc1ccc2c(c1)NC1(C=C2)NC(=O)C1OC1(c2nnc(-c3nccnc3-c3nnc(N4C(=O)C(Oc5ccccc5)C45C=Cc4ccc(C)cc4N5)s3)s2)C=CC=CC1. The van der Waals surface area contributed by atoms with Crippen LogP contribution in [0.5, 0.6) is 5.75 Å². The van der Waals surface area contributed by atoms with Gasteiger partial charge in [0.2, 0.25) is 11.2 Å². The first kappa shape index (κ1) is 36.2. The number of amides is 2. The van der Waals surface area contributed by atoms with Gasteiger partial charge in [0, 0.05) is 30.2 Å². The summed E-state index contributed by atoms with van der Waals surface area (Å²) in [5, 5.41) is 30.3. The van der Waals surface area contributed by atoms with Gasteiger partial charge in [-0.15, -0.1) is 20.4 Å². The predicted molar refractivity (Wildman–Crippen MR) is 229 cm³/mol. The van der Waals surface area contributed by atoms with Gasteiger partial charge >= 0.3 is 0 Å². The minimum absolute atomic E-state index is 0.239. The third kappa shape index (κ3) is 5.70. The van der Waals surface area contributed by atoms with Crippen LogP contribution in [0, 0.1) is 13.8 Å². The van der Waals surface area contributed by atoms with Crippen molar-refractivity contribution in [2.45, 2.75) is 49.4 Å². The Morgan fingerprint density at radius 1 is 0.733 bits per heavy atom. The smallest absolute Gasteiger partial charge is 0.277 e. The fourth-order valence-corrected chi connectivity index (χ4v) is 10.0. The summed E-state index contributed by atoms with van der Waals surface area (Å²) in [6, 6.07) is 21.6. The Balaban J connectivity index is 0.903. The Morgan fingerprint density at radius 2 is 1.43 bits per heavy atom. The molecular weight excluding hydrogens is 797 g/mol. The van der Waals surface area contributed by atoms with E-state index in [1.807, 2.05) is 117 Å². The average molecular weight is 831 g/mol. The zero-order chi connectivity index (χ0) is 40.6. The lowest BCUT2D eigenvalue weighted by Crippen LogP contribution is -2.79. The third-order valence-electron chi connectivity index (χ3n) is 11.2. The van der Waals surface area contributed by atoms with Crippen molar-refractivity contribution in [3.05, 3.63) is 143 Å². The van der Waals surface area contributed by atoms with Crippen LogP contribution in [-0.4, -0.2) is 65.7 Å². The van der Waals surface area contributed by atoms with E-state index in [0.717, 1.165) is 33.6 Å². The number of ether oxygens (including phenoxy) is 2. The molecule has 60 heavy (non-hydrogen) atoms. The fourth-order valence-electron chi connectivity index (χ4n) is 8.14. The second kappa shape index (κ2) is 13.6. The molecule has 2 amide bonds. The van der Waals surface area contributed by atoms with Gasteiger partial charge in [-0.3, -0.25) is 14.5 Å². The van der Waals surface area contributed by atoms with E-state index in [-0.39, 0.29) is 11.8 Å². The number of carbonyl (C=O) groups is 2. The second-order valence-corrected chi connectivity index (χ2v) is 17.1. The maximum absolute atomic E-state index is 14.1. The number of nitrogens with one attached hydrogen (secondary N) is 3. The number of para-hydroxylation sites is 1. The molecule has 0 saturated carbocycles. The lowest BCUT2D eigenvalue weighted by Gasteiger charge is -2.55. The zero-order valence-corrected chi connectivity index (χ0v) is 33.7. The summed E-state index contributed by atoms with van der Waals surface area (Å²) in [5.41, 5.74) is 3.72. The van der Waals surface area contributed by atoms with Crippen LogP contribution in [-0.2, 0) is 19.9 Å². The van der Waals surface area contributed by atoms with Crippen LogP contribution >= 0.6 is 22.7 Å². The number of nitrogens with zero attached hydrogens (tertiary/aromatic N) is 7. The molecule has 3 aromatic heterocycles. The first-order valence-corrected chi connectivity index (χ1v) is 20.9. The van der Waals surface area contributed by atoms with Gasteiger partial charge in [0.05, 0.1) is 0 Å². The van der Waals surface area contributed by atoms with Gasteiger partial charge in [-0.2, -0.15) is 0 Å². The van der Waals surface area contributed by atoms with E-state index in [1.54, 1.807) is 17.3 Å². The predicted octanol–water partition coefficient (Wildman–Crippen LogP) is 6.82. The van der Waals surface area contributed by atoms with E-state index in [4.69, 9.17) is 9.47 Å². The number of aromatic nitrogens is 6. The molecule has 0 bridgehead atoms. The van der Waals surface area contributed by atoms with Gasteiger partial charge in [0.15, 0.2) is 32.5 Å². The first-order chi connectivity index (χ1) is 29.2. The van der Waals surface area contributed by atoms with E-state index in [9.17, 15) is 9.59 Å². The molecule has 5 aliphatic rings. The minimum atomic E-state index is -1.09. The average Bonchev–Trinajstić information content (AvgIpc) is 3.97. The monoisotopic (exact) mass is 830 g/mol. The van der Waals surface area contributed by atoms with E-state index in [0.29, 0.717) is 43.7 Å². The van der Waals surface area contributed by atoms with Crippen molar-refractivity contribution in [1.29, 1.82) is 0 Å². The molecule has 5 atom stereocenters.